The summed E-state index contributed by atoms with van der Waals surface area (Å²) in [6.07, 6.45) is 2.22. The van der Waals surface area contributed by atoms with Gasteiger partial charge in [0.05, 0.1) is 18.6 Å². The van der Waals surface area contributed by atoms with Gasteiger partial charge in [0.1, 0.15) is 17.2 Å². The summed E-state index contributed by atoms with van der Waals surface area (Å²) in [7, 11) is 1.49. The lowest BCUT2D eigenvalue weighted by atomic mass is 10.00. The number of nitrogens with zero attached hydrogens (tertiary/aromatic N) is 2. The molecule has 1 aliphatic rings. The smallest absolute Gasteiger partial charge is 0.410 e. The molecule has 1 saturated heterocycles. The first-order chi connectivity index (χ1) is 16.6. The Morgan fingerprint density at radius 3 is 2.46 bits per heavy atom. The number of carbonyl (C=O) groups is 3. The predicted molar refractivity (Wildman–Crippen MR) is 133 cm³/mol. The second-order valence-corrected chi connectivity index (χ2v) is 9.72. The molecule has 3 amide bonds. The van der Waals surface area contributed by atoms with Crippen molar-refractivity contribution in [2.24, 2.45) is 0 Å². The van der Waals surface area contributed by atoms with E-state index in [1.807, 2.05) is 20.8 Å². The molecule has 1 fully saturated rings. The highest BCUT2D eigenvalue weighted by molar-refractivity contribution is 6.30. The van der Waals surface area contributed by atoms with E-state index in [9.17, 15) is 14.4 Å². The number of pyridine rings is 1. The lowest BCUT2D eigenvalue weighted by Gasteiger charge is -2.33. The maximum Gasteiger partial charge on any atom is 0.410 e. The van der Waals surface area contributed by atoms with Crippen molar-refractivity contribution in [3.05, 3.63) is 52.7 Å². The number of rotatable bonds is 6. The van der Waals surface area contributed by atoms with Crippen LogP contribution in [0.4, 0.5) is 10.6 Å². The van der Waals surface area contributed by atoms with Gasteiger partial charge in [-0.2, -0.15) is 0 Å². The van der Waals surface area contributed by atoms with E-state index in [0.717, 1.165) is 0 Å². The van der Waals surface area contributed by atoms with Crippen LogP contribution in [0.5, 0.6) is 5.75 Å². The van der Waals surface area contributed by atoms with Gasteiger partial charge < -0.3 is 25.0 Å². The van der Waals surface area contributed by atoms with Crippen LogP contribution in [0.15, 0.2) is 36.5 Å². The molecule has 35 heavy (non-hydrogen) atoms. The van der Waals surface area contributed by atoms with Crippen LogP contribution in [0.3, 0.4) is 0 Å². The third-order valence-corrected chi connectivity index (χ3v) is 5.64. The van der Waals surface area contributed by atoms with Crippen molar-refractivity contribution >= 4 is 35.3 Å². The molecule has 0 aliphatic carbocycles. The van der Waals surface area contributed by atoms with Crippen molar-refractivity contribution in [1.82, 2.24) is 15.2 Å². The molecule has 9 nitrogen and oxygen atoms in total. The van der Waals surface area contributed by atoms with Crippen LogP contribution in [-0.2, 0) is 16.0 Å². The summed E-state index contributed by atoms with van der Waals surface area (Å²) in [6, 6.07) is 8.20. The Bertz CT molecular complexity index is 1060. The summed E-state index contributed by atoms with van der Waals surface area (Å²) in [5, 5.41) is 6.20. The number of hydrogen-bond donors (Lipinski definition) is 2. The van der Waals surface area contributed by atoms with Crippen molar-refractivity contribution in [3.63, 3.8) is 0 Å². The van der Waals surface area contributed by atoms with E-state index in [2.05, 4.69) is 15.6 Å². The normalized spacial score (nSPS) is 14.3. The van der Waals surface area contributed by atoms with Gasteiger partial charge in [-0.05, 0) is 57.9 Å². The summed E-state index contributed by atoms with van der Waals surface area (Å²) >= 11 is 5.84. The number of anilines is 1. The minimum Gasteiger partial charge on any atom is -0.496 e. The Kier molecular flexibility index (Phi) is 8.56. The SMILES string of the molecule is COc1cccc(C(=O)NC2CCN(C(=O)OC(C)(C)C)CC2)c1CC(=O)Nc1ccc(Cl)cn1. The largest absolute Gasteiger partial charge is 0.496 e. The summed E-state index contributed by atoms with van der Waals surface area (Å²) in [4.78, 5) is 43.8. The number of aromatic nitrogens is 1. The molecule has 10 heteroatoms. The lowest BCUT2D eigenvalue weighted by Crippen LogP contribution is -2.47. The number of nitrogens with one attached hydrogen (secondary N) is 2. The molecule has 0 saturated carbocycles. The average molecular weight is 503 g/mol. The van der Waals surface area contributed by atoms with E-state index in [1.165, 1.54) is 13.3 Å². The minimum atomic E-state index is -0.555. The van der Waals surface area contributed by atoms with Crippen molar-refractivity contribution in [2.45, 2.75) is 51.7 Å². The van der Waals surface area contributed by atoms with Crippen LogP contribution in [0.2, 0.25) is 5.02 Å². The van der Waals surface area contributed by atoms with Crippen LogP contribution in [-0.4, -0.2) is 59.6 Å². The van der Waals surface area contributed by atoms with E-state index in [4.69, 9.17) is 21.1 Å². The number of amides is 3. The molecule has 0 radical (unpaired) electrons. The number of piperidine rings is 1. The molecule has 0 bridgehead atoms. The molecule has 0 atom stereocenters. The highest BCUT2D eigenvalue weighted by atomic mass is 35.5. The Hall–Kier alpha value is -3.33. The number of hydrogen-bond acceptors (Lipinski definition) is 6. The van der Waals surface area contributed by atoms with Crippen LogP contribution in [0, 0.1) is 0 Å². The summed E-state index contributed by atoms with van der Waals surface area (Å²) in [6.45, 7) is 6.46. The molecular formula is C25H31ClN4O5. The second kappa shape index (κ2) is 11.4. The molecule has 2 aromatic rings. The van der Waals surface area contributed by atoms with E-state index in [1.54, 1.807) is 35.2 Å². The number of carbonyl (C=O) groups excluding carboxylic acids is 3. The monoisotopic (exact) mass is 502 g/mol. The zero-order valence-corrected chi connectivity index (χ0v) is 21.1. The van der Waals surface area contributed by atoms with Gasteiger partial charge in [0.15, 0.2) is 0 Å². The van der Waals surface area contributed by atoms with Gasteiger partial charge in [-0.3, -0.25) is 9.59 Å². The first-order valence-electron chi connectivity index (χ1n) is 11.4. The molecule has 1 aliphatic heterocycles. The maximum absolute atomic E-state index is 13.2. The van der Waals surface area contributed by atoms with Crippen molar-refractivity contribution in [2.75, 3.05) is 25.5 Å². The van der Waals surface area contributed by atoms with Crippen LogP contribution >= 0.6 is 11.6 Å². The molecule has 3 rings (SSSR count). The average Bonchev–Trinajstić information content (AvgIpc) is 2.80. The molecule has 2 N–H and O–H groups in total. The first-order valence-corrected chi connectivity index (χ1v) is 11.8. The molecule has 1 aromatic heterocycles. The quantitative estimate of drug-likeness (QED) is 0.616. The fourth-order valence-corrected chi connectivity index (χ4v) is 3.86. The van der Waals surface area contributed by atoms with E-state index in [0.29, 0.717) is 53.6 Å². The third kappa shape index (κ3) is 7.58. The molecule has 2 heterocycles. The maximum atomic E-state index is 13.2. The highest BCUT2D eigenvalue weighted by Crippen LogP contribution is 2.24. The van der Waals surface area contributed by atoms with Crippen LogP contribution < -0.4 is 15.4 Å². The van der Waals surface area contributed by atoms with Gasteiger partial charge in [0.2, 0.25) is 5.91 Å². The van der Waals surface area contributed by atoms with E-state index in [-0.39, 0.29) is 30.4 Å². The van der Waals surface area contributed by atoms with E-state index >= 15 is 0 Å². The van der Waals surface area contributed by atoms with Crippen LogP contribution in [0.1, 0.15) is 49.5 Å². The number of benzene rings is 1. The van der Waals surface area contributed by atoms with Crippen molar-refractivity contribution < 1.29 is 23.9 Å². The summed E-state index contributed by atoms with van der Waals surface area (Å²) in [5.41, 5.74) is 0.282. The Labute approximate surface area is 210 Å². The predicted octanol–water partition coefficient (Wildman–Crippen LogP) is 4.05. The molecule has 1 aromatic carbocycles. The molecule has 188 valence electrons. The number of likely N-dealkylation sites (tertiary alicyclic amines) is 1. The van der Waals surface area contributed by atoms with E-state index < -0.39 is 5.60 Å². The van der Waals surface area contributed by atoms with Gasteiger partial charge >= 0.3 is 6.09 Å². The lowest BCUT2D eigenvalue weighted by molar-refractivity contribution is -0.115. The van der Waals surface area contributed by atoms with Gasteiger partial charge in [-0.25, -0.2) is 9.78 Å². The van der Waals surface area contributed by atoms with Gasteiger partial charge in [0.25, 0.3) is 5.91 Å². The molecule has 0 spiro atoms. The minimum absolute atomic E-state index is 0.0752. The number of methoxy groups -OCH3 is 1. The Morgan fingerprint density at radius 1 is 1.14 bits per heavy atom. The van der Waals surface area contributed by atoms with Gasteiger partial charge in [0, 0.05) is 36.5 Å². The van der Waals surface area contributed by atoms with Gasteiger partial charge in [-0.1, -0.05) is 17.7 Å². The second-order valence-electron chi connectivity index (χ2n) is 9.29. The zero-order chi connectivity index (χ0) is 25.6. The fourth-order valence-electron chi connectivity index (χ4n) is 3.75. The number of halogens is 1. The van der Waals surface area contributed by atoms with Gasteiger partial charge in [-0.15, -0.1) is 0 Å². The summed E-state index contributed by atoms with van der Waals surface area (Å²) in [5.74, 6) is 0.157. The Morgan fingerprint density at radius 2 is 1.86 bits per heavy atom. The topological polar surface area (TPSA) is 110 Å². The zero-order valence-electron chi connectivity index (χ0n) is 20.4. The van der Waals surface area contributed by atoms with Crippen molar-refractivity contribution in [1.29, 1.82) is 0 Å². The standard InChI is InChI=1S/C25H31ClN4O5/c1-25(2,3)35-24(33)30-12-10-17(11-13-30)28-23(32)18-6-5-7-20(34-4)19(18)14-22(31)29-21-9-8-16(26)15-27-21/h5-9,15,17H,10-14H2,1-4H3,(H,28,32)(H,27,29,31). The van der Waals surface area contributed by atoms with Crippen molar-refractivity contribution in [3.8, 4) is 5.75 Å². The van der Waals surface area contributed by atoms with Crippen LogP contribution in [0.25, 0.3) is 0 Å². The number of ether oxygens (including phenoxy) is 2. The third-order valence-electron chi connectivity index (χ3n) is 5.41. The fraction of sp³-hybridized carbons (Fsp3) is 0.440. The first kappa shape index (κ1) is 26.3. The molecule has 0 unspecified atom stereocenters. The molecular weight excluding hydrogens is 472 g/mol. The Balaban J connectivity index is 1.64. The highest BCUT2D eigenvalue weighted by Gasteiger charge is 2.28. The summed E-state index contributed by atoms with van der Waals surface area (Å²) < 4.78 is 10.8.